The Hall–Kier alpha value is -2.70. The fourth-order valence-electron chi connectivity index (χ4n) is 2.72. The molecule has 0 aromatic carbocycles. The zero-order valence-corrected chi connectivity index (χ0v) is 19.3. The predicted octanol–water partition coefficient (Wildman–Crippen LogP) is 6.01. The van der Waals surface area contributed by atoms with Crippen molar-refractivity contribution in [1.29, 1.82) is 0 Å². The van der Waals surface area contributed by atoms with E-state index in [4.69, 9.17) is 9.47 Å². The Balaban J connectivity index is 2.63. The normalized spacial score (nSPS) is 14.4. The lowest BCUT2D eigenvalue weighted by molar-refractivity contribution is 0.0430. The van der Waals surface area contributed by atoms with Crippen molar-refractivity contribution in [3.8, 4) is 0 Å². The van der Waals surface area contributed by atoms with Gasteiger partial charge in [-0.15, -0.1) is 0 Å². The number of anilines is 1. The molecule has 0 saturated heterocycles. The number of allylic oxidation sites excluding steroid dienone is 4. The van der Waals surface area contributed by atoms with Crippen LogP contribution < -0.4 is 4.90 Å². The molecule has 0 aliphatic heterocycles. The summed E-state index contributed by atoms with van der Waals surface area (Å²) in [6.45, 7) is 14.4. The molecule has 1 aromatic rings. The Morgan fingerprint density at radius 2 is 1.57 bits per heavy atom. The van der Waals surface area contributed by atoms with Gasteiger partial charge in [-0.3, -0.25) is 0 Å². The highest BCUT2D eigenvalue weighted by Crippen LogP contribution is 2.31. The molecule has 0 fully saturated rings. The zero-order chi connectivity index (χ0) is 22.7. The fourth-order valence-corrected chi connectivity index (χ4v) is 2.72. The maximum Gasteiger partial charge on any atom is 0.424 e. The summed E-state index contributed by atoms with van der Waals surface area (Å²) in [5.74, 6) is 0.712. The molecule has 0 unspecified atom stereocenters. The van der Waals surface area contributed by atoms with Crippen molar-refractivity contribution in [3.05, 3.63) is 35.9 Å². The van der Waals surface area contributed by atoms with Crippen LogP contribution in [0.2, 0.25) is 0 Å². The summed E-state index contributed by atoms with van der Waals surface area (Å²) in [6.07, 6.45) is 7.64. The predicted molar refractivity (Wildman–Crippen MR) is 117 cm³/mol. The third-order valence-electron chi connectivity index (χ3n) is 3.97. The molecule has 1 aliphatic rings. The van der Waals surface area contributed by atoms with Gasteiger partial charge in [0.1, 0.15) is 22.7 Å². The first kappa shape index (κ1) is 23.6. The molecule has 2 rings (SSSR count). The van der Waals surface area contributed by atoms with Gasteiger partial charge < -0.3 is 9.47 Å². The van der Waals surface area contributed by atoms with Crippen molar-refractivity contribution in [2.75, 3.05) is 4.90 Å². The van der Waals surface area contributed by atoms with E-state index in [-0.39, 0.29) is 11.6 Å². The fraction of sp³-hybridized carbons (Fsp3) is 0.565. The summed E-state index contributed by atoms with van der Waals surface area (Å²) in [5, 5.41) is 0. The molecule has 7 heteroatoms. The van der Waals surface area contributed by atoms with Crippen molar-refractivity contribution >= 4 is 23.4 Å². The van der Waals surface area contributed by atoms with Gasteiger partial charge >= 0.3 is 12.2 Å². The summed E-state index contributed by atoms with van der Waals surface area (Å²) in [6, 6.07) is 0. The Morgan fingerprint density at radius 1 is 1.00 bits per heavy atom. The van der Waals surface area contributed by atoms with E-state index in [9.17, 15) is 9.59 Å². The van der Waals surface area contributed by atoms with Crippen LogP contribution in [-0.4, -0.2) is 33.4 Å². The maximum absolute atomic E-state index is 13.1. The van der Waals surface area contributed by atoms with Crippen molar-refractivity contribution in [2.45, 2.75) is 85.4 Å². The quantitative estimate of drug-likeness (QED) is 0.601. The SMILES string of the molecule is CC(C)c1ncc(N(C(=O)OC(C)(C)C)C(=O)OC(C)(C)C)c(C2=CCCC=C2)n1. The van der Waals surface area contributed by atoms with Gasteiger partial charge in [0.15, 0.2) is 0 Å². The van der Waals surface area contributed by atoms with Crippen LogP contribution in [0.25, 0.3) is 5.57 Å². The smallest absolute Gasteiger partial charge is 0.424 e. The van der Waals surface area contributed by atoms with Crippen molar-refractivity contribution < 1.29 is 19.1 Å². The first-order valence-electron chi connectivity index (χ1n) is 10.3. The van der Waals surface area contributed by atoms with E-state index < -0.39 is 23.4 Å². The topological polar surface area (TPSA) is 81.6 Å². The molecule has 30 heavy (non-hydrogen) atoms. The minimum absolute atomic E-state index is 0.0856. The number of ether oxygens (including phenoxy) is 2. The Labute approximate surface area is 179 Å². The van der Waals surface area contributed by atoms with E-state index in [1.54, 1.807) is 41.5 Å². The van der Waals surface area contributed by atoms with Crippen LogP contribution in [0.5, 0.6) is 0 Å². The Morgan fingerprint density at radius 3 is 2.00 bits per heavy atom. The molecular weight excluding hydrogens is 382 g/mol. The molecule has 0 saturated carbocycles. The largest absolute Gasteiger partial charge is 0.443 e. The summed E-state index contributed by atoms with van der Waals surface area (Å²) >= 11 is 0. The average Bonchev–Trinajstić information content (AvgIpc) is 2.59. The second-order valence-corrected chi connectivity index (χ2v) is 9.55. The monoisotopic (exact) mass is 415 g/mol. The number of amides is 2. The molecule has 1 aliphatic carbocycles. The van der Waals surface area contributed by atoms with Crippen LogP contribution in [0.1, 0.15) is 85.7 Å². The highest BCUT2D eigenvalue weighted by Gasteiger charge is 2.35. The maximum atomic E-state index is 13.1. The number of imide groups is 1. The van der Waals surface area contributed by atoms with Crippen LogP contribution in [0.3, 0.4) is 0 Å². The second kappa shape index (κ2) is 8.98. The third-order valence-corrected chi connectivity index (χ3v) is 3.97. The zero-order valence-electron chi connectivity index (χ0n) is 19.3. The van der Waals surface area contributed by atoms with E-state index >= 15 is 0 Å². The molecule has 0 radical (unpaired) electrons. The number of carbonyl (C=O) groups excluding carboxylic acids is 2. The number of aromatic nitrogens is 2. The van der Waals surface area contributed by atoms with Crippen molar-refractivity contribution in [1.82, 2.24) is 9.97 Å². The standard InChI is InChI=1S/C23H33N3O4/c1-15(2)19-24-14-17(18(25-19)16-12-10-9-11-13-16)26(20(27)29-22(3,4)5)21(28)30-23(6,7)8/h10,12-15H,9,11H2,1-8H3. The number of hydrogen-bond donors (Lipinski definition) is 0. The number of hydrogen-bond acceptors (Lipinski definition) is 6. The highest BCUT2D eigenvalue weighted by molar-refractivity contribution is 6.11. The van der Waals surface area contributed by atoms with E-state index in [2.05, 4.69) is 9.97 Å². The van der Waals surface area contributed by atoms with Gasteiger partial charge in [-0.05, 0) is 60.0 Å². The highest BCUT2D eigenvalue weighted by atomic mass is 16.6. The van der Waals surface area contributed by atoms with Crippen LogP contribution in [0, 0.1) is 0 Å². The van der Waals surface area contributed by atoms with Gasteiger partial charge in [0.2, 0.25) is 0 Å². The number of carbonyl (C=O) groups is 2. The van der Waals surface area contributed by atoms with Gasteiger partial charge in [0.25, 0.3) is 0 Å². The van der Waals surface area contributed by atoms with Crippen LogP contribution >= 0.6 is 0 Å². The van der Waals surface area contributed by atoms with Gasteiger partial charge in [-0.25, -0.2) is 19.6 Å². The summed E-state index contributed by atoms with van der Waals surface area (Å²) in [7, 11) is 0. The first-order valence-corrected chi connectivity index (χ1v) is 10.3. The minimum atomic E-state index is -0.834. The molecule has 164 valence electrons. The van der Waals surface area contributed by atoms with E-state index in [0.717, 1.165) is 23.3 Å². The molecule has 1 heterocycles. The van der Waals surface area contributed by atoms with Crippen LogP contribution in [-0.2, 0) is 9.47 Å². The molecule has 0 atom stereocenters. The average molecular weight is 416 g/mol. The molecule has 2 amide bonds. The summed E-state index contributed by atoms with van der Waals surface area (Å²) in [5.41, 5.74) is -0.0136. The number of nitrogens with zero attached hydrogens (tertiary/aromatic N) is 3. The summed E-state index contributed by atoms with van der Waals surface area (Å²) in [4.78, 5) is 36.1. The van der Waals surface area contributed by atoms with Crippen LogP contribution in [0.15, 0.2) is 24.4 Å². The van der Waals surface area contributed by atoms with E-state index in [1.807, 2.05) is 32.1 Å². The van der Waals surface area contributed by atoms with E-state index in [1.165, 1.54) is 6.20 Å². The Kier molecular flexibility index (Phi) is 7.06. The lowest BCUT2D eigenvalue weighted by atomic mass is 10.0. The number of rotatable bonds is 3. The van der Waals surface area contributed by atoms with Crippen molar-refractivity contribution in [3.63, 3.8) is 0 Å². The first-order chi connectivity index (χ1) is 13.8. The molecule has 1 aromatic heterocycles. The molecule has 7 nitrogen and oxygen atoms in total. The lowest BCUT2D eigenvalue weighted by Crippen LogP contribution is -2.44. The molecule has 0 spiro atoms. The lowest BCUT2D eigenvalue weighted by Gasteiger charge is -2.29. The molecule has 0 N–H and O–H groups in total. The minimum Gasteiger partial charge on any atom is -0.443 e. The van der Waals surface area contributed by atoms with Gasteiger partial charge in [-0.2, -0.15) is 4.90 Å². The van der Waals surface area contributed by atoms with Gasteiger partial charge in [0, 0.05) is 5.92 Å². The van der Waals surface area contributed by atoms with E-state index in [0.29, 0.717) is 11.5 Å². The van der Waals surface area contributed by atoms with Crippen molar-refractivity contribution in [2.24, 2.45) is 0 Å². The van der Waals surface area contributed by atoms with Crippen LogP contribution in [0.4, 0.5) is 15.3 Å². The van der Waals surface area contributed by atoms with Gasteiger partial charge in [-0.1, -0.05) is 32.1 Å². The second-order valence-electron chi connectivity index (χ2n) is 9.55. The Bertz CT molecular complexity index is 830. The molecule has 0 bridgehead atoms. The summed E-state index contributed by atoms with van der Waals surface area (Å²) < 4.78 is 11.0. The molecular formula is C23H33N3O4. The third kappa shape index (κ3) is 6.40. The van der Waals surface area contributed by atoms with Gasteiger partial charge in [0.05, 0.1) is 11.9 Å².